The van der Waals surface area contributed by atoms with Crippen molar-refractivity contribution in [2.75, 3.05) is 43.2 Å². The van der Waals surface area contributed by atoms with Crippen LogP contribution in [0.25, 0.3) is 27.9 Å². The van der Waals surface area contributed by atoms with E-state index in [1.54, 1.807) is 17.4 Å². The molecule has 4 aromatic heterocycles. The summed E-state index contributed by atoms with van der Waals surface area (Å²) in [4.78, 5) is 35.0. The van der Waals surface area contributed by atoms with Crippen molar-refractivity contribution in [2.45, 2.75) is 24.7 Å². The van der Waals surface area contributed by atoms with E-state index in [4.69, 9.17) is 9.72 Å². The van der Waals surface area contributed by atoms with Gasteiger partial charge in [-0.15, -0.1) is 0 Å². The quantitative estimate of drug-likeness (QED) is 0.465. The van der Waals surface area contributed by atoms with Gasteiger partial charge in [0.2, 0.25) is 5.91 Å². The molecule has 1 N–H and O–H groups in total. The lowest BCUT2D eigenvalue weighted by Crippen LogP contribution is -2.48. The van der Waals surface area contributed by atoms with Crippen molar-refractivity contribution in [3.63, 3.8) is 0 Å². The van der Waals surface area contributed by atoms with Crippen molar-refractivity contribution in [3.05, 3.63) is 54.4 Å². The molecule has 188 valence electrons. The summed E-state index contributed by atoms with van der Waals surface area (Å²) < 4.78 is 7.46. The highest BCUT2D eigenvalue weighted by Crippen LogP contribution is 2.53. The van der Waals surface area contributed by atoms with Gasteiger partial charge in [0, 0.05) is 61.7 Å². The normalized spacial score (nSPS) is 19.1. The number of carbonyl (C=O) groups is 1. The van der Waals surface area contributed by atoms with E-state index in [2.05, 4.69) is 31.0 Å². The summed E-state index contributed by atoms with van der Waals surface area (Å²) >= 11 is 0. The van der Waals surface area contributed by atoms with Crippen LogP contribution in [0, 0.1) is 0 Å². The first-order valence-corrected chi connectivity index (χ1v) is 12.7. The van der Waals surface area contributed by atoms with Crippen molar-refractivity contribution < 1.29 is 9.53 Å². The van der Waals surface area contributed by atoms with Crippen LogP contribution in [0.5, 0.6) is 0 Å². The molecule has 1 saturated heterocycles. The van der Waals surface area contributed by atoms with E-state index < -0.39 is 5.41 Å². The predicted molar refractivity (Wildman–Crippen MR) is 140 cm³/mol. The number of hydrogen-bond acceptors (Lipinski definition) is 7. The summed E-state index contributed by atoms with van der Waals surface area (Å²) in [5.74, 6) is 1.05. The van der Waals surface area contributed by atoms with Crippen molar-refractivity contribution in [3.8, 4) is 11.3 Å². The van der Waals surface area contributed by atoms with E-state index in [1.807, 2.05) is 43.4 Å². The summed E-state index contributed by atoms with van der Waals surface area (Å²) in [6.45, 7) is 2.73. The number of aromatic amines is 1. The van der Waals surface area contributed by atoms with E-state index in [1.165, 1.54) is 5.57 Å². The van der Waals surface area contributed by atoms with E-state index in [9.17, 15) is 4.79 Å². The molecule has 1 spiro atoms. The van der Waals surface area contributed by atoms with Crippen LogP contribution in [0.1, 0.15) is 30.4 Å². The number of pyridine rings is 1. The van der Waals surface area contributed by atoms with Crippen LogP contribution in [-0.4, -0.2) is 69.0 Å². The van der Waals surface area contributed by atoms with Gasteiger partial charge >= 0.3 is 0 Å². The van der Waals surface area contributed by atoms with Crippen molar-refractivity contribution in [1.82, 2.24) is 29.7 Å². The Kier molecular flexibility index (Phi) is 4.94. The lowest BCUT2D eigenvalue weighted by Gasteiger charge is -2.39. The summed E-state index contributed by atoms with van der Waals surface area (Å²) in [6, 6.07) is 1.93. The maximum absolute atomic E-state index is 14.0. The molecule has 10 nitrogen and oxygen atoms in total. The van der Waals surface area contributed by atoms with Gasteiger partial charge in [-0.1, -0.05) is 6.08 Å². The molecule has 4 aromatic rings. The zero-order valence-corrected chi connectivity index (χ0v) is 20.9. The number of anilines is 2. The average molecular weight is 497 g/mol. The summed E-state index contributed by atoms with van der Waals surface area (Å²) in [5, 5.41) is 5.47. The molecule has 0 unspecified atom stereocenters. The van der Waals surface area contributed by atoms with Gasteiger partial charge < -0.3 is 19.5 Å². The molecular formula is C27H28N8O2. The number of likely N-dealkylation sites (N-methyl/N-ethyl adjacent to an activating group) is 1. The number of ether oxygens (including phenoxy) is 1. The molecule has 0 saturated carbocycles. The third-order valence-electron chi connectivity index (χ3n) is 8.14. The molecule has 0 atom stereocenters. The Hall–Kier alpha value is -4.05. The minimum Gasteiger partial charge on any atom is -0.377 e. The molecule has 10 heteroatoms. The number of nitrogens with one attached hydrogen (secondary N) is 1. The monoisotopic (exact) mass is 496 g/mol. The van der Waals surface area contributed by atoms with Crippen LogP contribution < -0.4 is 9.80 Å². The van der Waals surface area contributed by atoms with E-state index >= 15 is 0 Å². The Balaban J connectivity index is 1.43. The molecule has 7 rings (SSSR count). The van der Waals surface area contributed by atoms with Crippen LogP contribution in [0.4, 0.5) is 11.5 Å². The molecule has 3 aliphatic heterocycles. The number of rotatable bonds is 3. The molecular weight excluding hydrogens is 468 g/mol. The van der Waals surface area contributed by atoms with Gasteiger partial charge in [-0.25, -0.2) is 15.0 Å². The number of carbonyl (C=O) groups excluding carboxylic acids is 1. The van der Waals surface area contributed by atoms with E-state index in [0.29, 0.717) is 26.1 Å². The minimum atomic E-state index is -0.607. The smallest absolute Gasteiger partial charge is 0.237 e. The first-order valence-electron chi connectivity index (χ1n) is 12.7. The highest BCUT2D eigenvalue weighted by molar-refractivity contribution is 6.15. The second-order valence-corrected chi connectivity index (χ2v) is 10.1. The van der Waals surface area contributed by atoms with Gasteiger partial charge in [-0.2, -0.15) is 5.10 Å². The fourth-order valence-electron chi connectivity index (χ4n) is 6.32. The number of H-pyrrole nitrogens is 1. The number of fused-ring (bicyclic) bond motifs is 4. The van der Waals surface area contributed by atoms with Crippen LogP contribution >= 0.6 is 0 Å². The van der Waals surface area contributed by atoms with Crippen LogP contribution in [-0.2, 0) is 22.0 Å². The van der Waals surface area contributed by atoms with Gasteiger partial charge in [0.25, 0.3) is 0 Å². The number of amides is 1. The average Bonchev–Trinajstić information content (AvgIpc) is 3.60. The van der Waals surface area contributed by atoms with Gasteiger partial charge in [-0.3, -0.25) is 9.48 Å². The Bertz CT molecular complexity index is 1550. The number of piperidine rings is 1. The number of aromatic nitrogens is 6. The van der Waals surface area contributed by atoms with Gasteiger partial charge in [0.05, 0.1) is 42.4 Å². The fourth-order valence-corrected chi connectivity index (χ4v) is 6.32. The molecule has 0 aliphatic carbocycles. The molecule has 0 aromatic carbocycles. The SMILES string of the molecule is CN1C(=O)C2(CCN(c3ccncn3)CC2)c2c1cnc1[nH]c(-c3cnn(C)c3)c(C3=CCOCC3)c21. The highest BCUT2D eigenvalue weighted by Gasteiger charge is 2.53. The molecule has 1 amide bonds. The molecule has 0 radical (unpaired) electrons. The summed E-state index contributed by atoms with van der Waals surface area (Å²) in [7, 11) is 3.80. The van der Waals surface area contributed by atoms with Gasteiger partial charge in [0.1, 0.15) is 17.8 Å². The first kappa shape index (κ1) is 22.2. The van der Waals surface area contributed by atoms with Crippen LogP contribution in [0.2, 0.25) is 0 Å². The summed E-state index contributed by atoms with van der Waals surface area (Å²) in [6.07, 6.45) is 13.5. The fraction of sp³-hybridized carbons (Fsp3) is 0.370. The largest absolute Gasteiger partial charge is 0.377 e. The van der Waals surface area contributed by atoms with Crippen molar-refractivity contribution in [2.24, 2.45) is 7.05 Å². The van der Waals surface area contributed by atoms with E-state index in [0.717, 1.165) is 64.4 Å². The molecule has 1 fully saturated rings. The lowest BCUT2D eigenvalue weighted by molar-refractivity contribution is -0.123. The lowest BCUT2D eigenvalue weighted by atomic mass is 9.72. The highest BCUT2D eigenvalue weighted by atomic mass is 16.5. The van der Waals surface area contributed by atoms with Crippen molar-refractivity contribution in [1.29, 1.82) is 0 Å². The number of nitrogens with zero attached hydrogens (tertiary/aromatic N) is 7. The maximum Gasteiger partial charge on any atom is 0.237 e. The first-order chi connectivity index (χ1) is 18.1. The zero-order valence-electron chi connectivity index (χ0n) is 20.9. The second kappa shape index (κ2) is 8.24. The topological polar surface area (TPSA) is 105 Å². The molecule has 0 bridgehead atoms. The van der Waals surface area contributed by atoms with Crippen LogP contribution in [0.3, 0.4) is 0 Å². The maximum atomic E-state index is 14.0. The Morgan fingerprint density at radius 2 is 2.00 bits per heavy atom. The molecule has 3 aliphatic rings. The van der Waals surface area contributed by atoms with Gasteiger partial charge in [0.15, 0.2) is 0 Å². The Labute approximate surface area is 214 Å². The number of aryl methyl sites for hydroxylation is 1. The van der Waals surface area contributed by atoms with Gasteiger partial charge in [-0.05, 0) is 30.9 Å². The number of hydrogen-bond donors (Lipinski definition) is 1. The Morgan fingerprint density at radius 3 is 2.70 bits per heavy atom. The third-order valence-corrected chi connectivity index (χ3v) is 8.14. The predicted octanol–water partition coefficient (Wildman–Crippen LogP) is 3.07. The third kappa shape index (κ3) is 3.25. The minimum absolute atomic E-state index is 0.148. The second-order valence-electron chi connectivity index (χ2n) is 10.1. The summed E-state index contributed by atoms with van der Waals surface area (Å²) in [5.41, 5.74) is 6.54. The standard InChI is InChI=1S/C27H28N8O2/c1-33-15-18(13-31-33)24-21(17-4-11-37-12-5-17)22-23-19(14-29-25(22)32-24)34(2)26(36)27(23)6-9-35(10-7-27)20-3-8-28-16-30-20/h3-4,8,13-16H,5-7,9-12H2,1-2H3,(H,29,32). The zero-order chi connectivity index (χ0) is 25.1. The van der Waals surface area contributed by atoms with Crippen LogP contribution in [0.15, 0.2) is 43.3 Å². The van der Waals surface area contributed by atoms with E-state index in [-0.39, 0.29) is 5.91 Å². The Morgan fingerprint density at radius 1 is 1.14 bits per heavy atom. The molecule has 37 heavy (non-hydrogen) atoms. The van der Waals surface area contributed by atoms with Crippen molar-refractivity contribution >= 4 is 34.0 Å². The molecule has 7 heterocycles.